The summed E-state index contributed by atoms with van der Waals surface area (Å²) in [5.41, 5.74) is 0. The molecule has 2 atom stereocenters. The molecule has 0 saturated carbocycles. The monoisotopic (exact) mass is 902 g/mol. The molecule has 6 nitrogen and oxygen atoms in total. The van der Waals surface area contributed by atoms with Crippen molar-refractivity contribution in [1.29, 1.82) is 0 Å². The van der Waals surface area contributed by atoms with Gasteiger partial charge in [0.05, 0.1) is 25.4 Å². The molecule has 378 valence electrons. The minimum atomic E-state index is -0.666. The maximum Gasteiger partial charge on any atom is 0.305 e. The number of amides is 1. The van der Waals surface area contributed by atoms with Gasteiger partial charge >= 0.3 is 5.97 Å². The summed E-state index contributed by atoms with van der Waals surface area (Å²) in [5, 5.41) is 23.1. The van der Waals surface area contributed by atoms with Crippen LogP contribution in [0.5, 0.6) is 0 Å². The molecular formula is C58H111NO5. The van der Waals surface area contributed by atoms with Gasteiger partial charge < -0.3 is 20.3 Å². The molecule has 3 N–H and O–H groups in total. The van der Waals surface area contributed by atoms with Gasteiger partial charge in [-0.25, -0.2) is 0 Å². The van der Waals surface area contributed by atoms with Crippen LogP contribution in [-0.4, -0.2) is 47.4 Å². The highest BCUT2D eigenvalue weighted by atomic mass is 16.5. The second kappa shape index (κ2) is 54.0. The van der Waals surface area contributed by atoms with E-state index in [0.29, 0.717) is 25.9 Å². The summed E-state index contributed by atoms with van der Waals surface area (Å²) in [6, 6.07) is -0.544. The molecule has 0 heterocycles. The van der Waals surface area contributed by atoms with Gasteiger partial charge in [-0.05, 0) is 77.0 Å². The van der Waals surface area contributed by atoms with E-state index >= 15 is 0 Å². The molecule has 0 rings (SSSR count). The lowest BCUT2D eigenvalue weighted by Crippen LogP contribution is -2.45. The van der Waals surface area contributed by atoms with Crippen molar-refractivity contribution >= 4 is 11.9 Å². The van der Waals surface area contributed by atoms with Crippen LogP contribution >= 0.6 is 0 Å². The predicted molar refractivity (Wildman–Crippen MR) is 278 cm³/mol. The van der Waals surface area contributed by atoms with Gasteiger partial charge in [0.2, 0.25) is 5.91 Å². The van der Waals surface area contributed by atoms with E-state index in [0.717, 1.165) is 44.9 Å². The van der Waals surface area contributed by atoms with Gasteiger partial charge in [0.1, 0.15) is 0 Å². The fraction of sp³-hybridized carbons (Fsp3) is 0.897. The molecule has 1 amide bonds. The number of aliphatic hydroxyl groups is 2. The van der Waals surface area contributed by atoms with Crippen molar-refractivity contribution in [3.05, 3.63) is 24.3 Å². The van der Waals surface area contributed by atoms with Gasteiger partial charge in [0.15, 0.2) is 0 Å². The van der Waals surface area contributed by atoms with Crippen LogP contribution in [-0.2, 0) is 14.3 Å². The minimum Gasteiger partial charge on any atom is -0.466 e. The number of allylic oxidation sites excluding steroid dienone is 4. The SMILES string of the molecule is CCCCCCCCC/C=C\CCCCCCCC(=O)OCCCCCCCCCCCCC/C=C\CCCCCCCCCC(=O)NC(CO)C(O)CCCCCCCCCCC. The van der Waals surface area contributed by atoms with Gasteiger partial charge in [-0.1, -0.05) is 244 Å². The Hall–Kier alpha value is -1.66. The van der Waals surface area contributed by atoms with Crippen molar-refractivity contribution in [2.75, 3.05) is 13.2 Å². The Bertz CT molecular complexity index is 997. The van der Waals surface area contributed by atoms with Crippen molar-refractivity contribution < 1.29 is 24.5 Å². The van der Waals surface area contributed by atoms with Crippen molar-refractivity contribution in [3.8, 4) is 0 Å². The van der Waals surface area contributed by atoms with E-state index in [2.05, 4.69) is 43.5 Å². The summed E-state index contributed by atoms with van der Waals surface area (Å²) in [6.07, 6.45) is 64.7. The molecule has 0 aromatic heterocycles. The third kappa shape index (κ3) is 49.8. The number of carbonyl (C=O) groups is 2. The van der Waals surface area contributed by atoms with Gasteiger partial charge in [-0.2, -0.15) is 0 Å². The molecule has 0 fully saturated rings. The maximum absolute atomic E-state index is 12.4. The Balaban J connectivity index is 3.38. The highest BCUT2D eigenvalue weighted by Crippen LogP contribution is 2.16. The van der Waals surface area contributed by atoms with Crippen LogP contribution in [0.4, 0.5) is 0 Å². The minimum absolute atomic E-state index is 0.00246. The molecule has 6 heteroatoms. The number of esters is 1. The third-order valence-corrected chi connectivity index (χ3v) is 13.2. The number of hydrogen-bond acceptors (Lipinski definition) is 5. The van der Waals surface area contributed by atoms with Crippen LogP contribution in [0.1, 0.15) is 309 Å². The summed E-state index contributed by atoms with van der Waals surface area (Å²) < 4.78 is 5.48. The predicted octanol–water partition coefficient (Wildman–Crippen LogP) is 17.5. The Labute approximate surface area is 399 Å². The first-order valence-electron chi connectivity index (χ1n) is 28.6. The van der Waals surface area contributed by atoms with E-state index in [-0.39, 0.29) is 18.5 Å². The number of rotatable bonds is 53. The van der Waals surface area contributed by atoms with E-state index in [1.807, 2.05) is 0 Å². The standard InChI is InChI=1S/C58H111NO5/c1-3-5-7-9-11-13-14-15-16-26-29-32-36-40-44-48-52-58(63)64-53-49-45-41-37-33-30-27-24-22-20-18-17-19-21-23-25-28-31-35-39-43-47-51-57(62)59-55(54-60)56(61)50-46-42-38-34-12-10-8-6-4-2/h16,19,21,26,55-56,60-61H,3-15,17-18,20,22-25,27-54H2,1-2H3,(H,59,62)/b21-19-,26-16-. The summed E-state index contributed by atoms with van der Waals surface area (Å²) in [4.78, 5) is 24.4. The zero-order valence-electron chi connectivity index (χ0n) is 43.0. The second-order valence-electron chi connectivity index (χ2n) is 19.6. The van der Waals surface area contributed by atoms with Crippen LogP contribution in [0.25, 0.3) is 0 Å². The highest BCUT2D eigenvalue weighted by Gasteiger charge is 2.20. The van der Waals surface area contributed by atoms with E-state index in [9.17, 15) is 19.8 Å². The number of aliphatic hydroxyl groups excluding tert-OH is 2. The molecule has 0 radical (unpaired) electrons. The lowest BCUT2D eigenvalue weighted by atomic mass is 10.0. The van der Waals surface area contributed by atoms with Crippen LogP contribution in [0.2, 0.25) is 0 Å². The number of hydrogen-bond donors (Lipinski definition) is 3. The van der Waals surface area contributed by atoms with Crippen molar-refractivity contribution in [2.24, 2.45) is 0 Å². The molecule has 0 aromatic carbocycles. The van der Waals surface area contributed by atoms with E-state index in [1.165, 1.54) is 231 Å². The lowest BCUT2D eigenvalue weighted by molar-refractivity contribution is -0.143. The van der Waals surface area contributed by atoms with Gasteiger partial charge in [0.25, 0.3) is 0 Å². The smallest absolute Gasteiger partial charge is 0.305 e. The van der Waals surface area contributed by atoms with Crippen LogP contribution in [0.3, 0.4) is 0 Å². The van der Waals surface area contributed by atoms with Crippen molar-refractivity contribution in [3.63, 3.8) is 0 Å². The van der Waals surface area contributed by atoms with Crippen molar-refractivity contribution in [2.45, 2.75) is 321 Å². The van der Waals surface area contributed by atoms with Gasteiger partial charge in [-0.15, -0.1) is 0 Å². The fourth-order valence-corrected chi connectivity index (χ4v) is 8.81. The largest absolute Gasteiger partial charge is 0.466 e. The number of nitrogens with one attached hydrogen (secondary N) is 1. The molecule has 0 aliphatic rings. The van der Waals surface area contributed by atoms with Crippen LogP contribution in [0.15, 0.2) is 24.3 Å². The Kier molecular flexibility index (Phi) is 52.6. The summed E-state index contributed by atoms with van der Waals surface area (Å²) in [5.74, 6) is -0.0418. The molecule has 0 bridgehead atoms. The zero-order valence-corrected chi connectivity index (χ0v) is 43.0. The number of unbranched alkanes of at least 4 members (excludes halogenated alkanes) is 38. The van der Waals surface area contributed by atoms with Crippen LogP contribution in [0, 0.1) is 0 Å². The first-order chi connectivity index (χ1) is 31.5. The molecule has 0 aromatic rings. The Morgan fingerprint density at radius 3 is 1.11 bits per heavy atom. The average Bonchev–Trinajstić information content (AvgIpc) is 3.29. The van der Waals surface area contributed by atoms with E-state index in [1.54, 1.807) is 0 Å². The molecule has 0 aliphatic carbocycles. The fourth-order valence-electron chi connectivity index (χ4n) is 8.81. The van der Waals surface area contributed by atoms with E-state index in [4.69, 9.17) is 4.74 Å². The van der Waals surface area contributed by atoms with Gasteiger partial charge in [-0.3, -0.25) is 9.59 Å². The normalized spacial score (nSPS) is 12.8. The Morgan fingerprint density at radius 2 is 0.734 bits per heavy atom. The molecular weight excluding hydrogens is 791 g/mol. The molecule has 2 unspecified atom stereocenters. The first kappa shape index (κ1) is 62.3. The number of ether oxygens (including phenoxy) is 1. The first-order valence-corrected chi connectivity index (χ1v) is 28.6. The number of carbonyl (C=O) groups excluding carboxylic acids is 2. The lowest BCUT2D eigenvalue weighted by Gasteiger charge is -2.22. The van der Waals surface area contributed by atoms with Gasteiger partial charge in [0, 0.05) is 12.8 Å². The molecule has 64 heavy (non-hydrogen) atoms. The summed E-state index contributed by atoms with van der Waals surface area (Å²) >= 11 is 0. The quantitative estimate of drug-likeness (QED) is 0.0321. The molecule has 0 aliphatic heterocycles. The molecule has 0 spiro atoms. The average molecular weight is 903 g/mol. The third-order valence-electron chi connectivity index (χ3n) is 13.2. The summed E-state index contributed by atoms with van der Waals surface area (Å²) in [7, 11) is 0. The zero-order chi connectivity index (χ0) is 46.5. The Morgan fingerprint density at radius 1 is 0.422 bits per heavy atom. The molecule has 0 saturated heterocycles. The van der Waals surface area contributed by atoms with E-state index < -0.39 is 12.1 Å². The topological polar surface area (TPSA) is 95.9 Å². The van der Waals surface area contributed by atoms with Crippen molar-refractivity contribution in [1.82, 2.24) is 5.32 Å². The second-order valence-corrected chi connectivity index (χ2v) is 19.6. The highest BCUT2D eigenvalue weighted by molar-refractivity contribution is 5.76. The summed E-state index contributed by atoms with van der Waals surface area (Å²) in [6.45, 7) is 4.93. The van der Waals surface area contributed by atoms with Crippen LogP contribution < -0.4 is 5.32 Å². The maximum atomic E-state index is 12.4.